The van der Waals surface area contributed by atoms with Crippen LogP contribution in [0.2, 0.25) is 0 Å². The SMILES string of the molecule is C=CCc1c(OC)nc2nc(C(=O)c3ccccc3)cn2c1C. The normalized spacial score (nSPS) is 10.7. The van der Waals surface area contributed by atoms with Crippen LogP contribution in [0.15, 0.2) is 49.2 Å². The standard InChI is InChI=1S/C18H17N3O2/c1-4-8-14-12(2)21-11-15(19-18(21)20-17(14)23-3)16(22)13-9-6-5-7-10-13/h4-7,9-11H,1,8H2,2-3H3. The van der Waals surface area contributed by atoms with E-state index in [9.17, 15) is 4.79 Å². The molecule has 0 aliphatic heterocycles. The molecule has 0 amide bonds. The molecule has 0 N–H and O–H groups in total. The molecule has 0 unspecified atom stereocenters. The number of carbonyl (C=O) groups is 1. The number of ether oxygens (including phenoxy) is 1. The number of fused-ring (bicyclic) bond motifs is 1. The summed E-state index contributed by atoms with van der Waals surface area (Å²) in [6.07, 6.45) is 4.16. The Morgan fingerprint density at radius 1 is 1.30 bits per heavy atom. The van der Waals surface area contributed by atoms with E-state index in [-0.39, 0.29) is 5.78 Å². The van der Waals surface area contributed by atoms with Crippen molar-refractivity contribution >= 4 is 11.6 Å². The van der Waals surface area contributed by atoms with Crippen LogP contribution in [-0.4, -0.2) is 27.3 Å². The molecule has 0 saturated heterocycles. The van der Waals surface area contributed by atoms with Crippen LogP contribution in [0.4, 0.5) is 0 Å². The van der Waals surface area contributed by atoms with Gasteiger partial charge in [0.15, 0.2) is 0 Å². The Labute approximate surface area is 134 Å². The van der Waals surface area contributed by atoms with Crippen molar-refractivity contribution in [2.24, 2.45) is 0 Å². The van der Waals surface area contributed by atoms with Gasteiger partial charge in [0.2, 0.25) is 17.4 Å². The van der Waals surface area contributed by atoms with Crippen molar-refractivity contribution in [2.75, 3.05) is 7.11 Å². The lowest BCUT2D eigenvalue weighted by atomic mass is 10.1. The van der Waals surface area contributed by atoms with Crippen LogP contribution in [0.1, 0.15) is 27.3 Å². The van der Waals surface area contributed by atoms with Crippen LogP contribution in [-0.2, 0) is 6.42 Å². The van der Waals surface area contributed by atoms with Gasteiger partial charge in [0, 0.05) is 23.0 Å². The molecule has 3 rings (SSSR count). The lowest BCUT2D eigenvalue weighted by Crippen LogP contribution is -2.03. The minimum Gasteiger partial charge on any atom is -0.481 e. The van der Waals surface area contributed by atoms with Crippen LogP contribution in [0, 0.1) is 6.92 Å². The molecular weight excluding hydrogens is 290 g/mol. The number of allylic oxidation sites excluding steroid dienone is 1. The summed E-state index contributed by atoms with van der Waals surface area (Å²) < 4.78 is 7.16. The molecule has 0 radical (unpaired) electrons. The van der Waals surface area contributed by atoms with Gasteiger partial charge in [-0.15, -0.1) is 6.58 Å². The predicted molar refractivity (Wildman–Crippen MR) is 88.1 cm³/mol. The van der Waals surface area contributed by atoms with Gasteiger partial charge >= 0.3 is 0 Å². The summed E-state index contributed by atoms with van der Waals surface area (Å²) in [5.41, 5.74) is 2.84. The number of imidazole rings is 1. The summed E-state index contributed by atoms with van der Waals surface area (Å²) in [5.74, 6) is 0.838. The topological polar surface area (TPSA) is 56.5 Å². The molecule has 0 bridgehead atoms. The zero-order valence-corrected chi connectivity index (χ0v) is 13.1. The molecule has 5 heteroatoms. The Kier molecular flexibility index (Phi) is 3.93. The van der Waals surface area contributed by atoms with Gasteiger partial charge < -0.3 is 4.74 Å². The lowest BCUT2D eigenvalue weighted by Gasteiger charge is -2.10. The summed E-state index contributed by atoms with van der Waals surface area (Å²) >= 11 is 0. The maximum absolute atomic E-state index is 12.5. The molecule has 23 heavy (non-hydrogen) atoms. The van der Waals surface area contributed by atoms with E-state index < -0.39 is 0 Å². The van der Waals surface area contributed by atoms with E-state index in [1.54, 1.807) is 31.5 Å². The van der Waals surface area contributed by atoms with Gasteiger partial charge in [0.25, 0.3) is 0 Å². The van der Waals surface area contributed by atoms with E-state index in [0.29, 0.717) is 29.3 Å². The molecule has 2 heterocycles. The van der Waals surface area contributed by atoms with Crippen LogP contribution in [0.3, 0.4) is 0 Å². The number of carbonyl (C=O) groups excluding carboxylic acids is 1. The van der Waals surface area contributed by atoms with E-state index in [1.165, 1.54) is 0 Å². The Hall–Kier alpha value is -2.95. The maximum Gasteiger partial charge on any atom is 0.237 e. The molecule has 3 aromatic rings. The predicted octanol–water partition coefficient (Wildman–Crippen LogP) is 3.01. The van der Waals surface area contributed by atoms with Crippen molar-refractivity contribution in [3.63, 3.8) is 0 Å². The van der Waals surface area contributed by atoms with Gasteiger partial charge in [-0.3, -0.25) is 9.20 Å². The Bertz CT molecular complexity index is 882. The second-order valence-electron chi connectivity index (χ2n) is 5.17. The quantitative estimate of drug-likeness (QED) is 0.537. The monoisotopic (exact) mass is 307 g/mol. The smallest absolute Gasteiger partial charge is 0.237 e. The van der Waals surface area contributed by atoms with E-state index in [4.69, 9.17) is 4.74 Å². The average molecular weight is 307 g/mol. The molecule has 0 aliphatic rings. The summed E-state index contributed by atoms with van der Waals surface area (Å²) in [6, 6.07) is 9.08. The second kappa shape index (κ2) is 6.04. The highest BCUT2D eigenvalue weighted by Gasteiger charge is 2.18. The van der Waals surface area contributed by atoms with Crippen molar-refractivity contribution in [3.05, 3.63) is 71.7 Å². The number of nitrogens with zero attached hydrogens (tertiary/aromatic N) is 3. The first kappa shape index (κ1) is 15.0. The molecule has 116 valence electrons. The Morgan fingerprint density at radius 3 is 2.70 bits per heavy atom. The first-order chi connectivity index (χ1) is 11.2. The van der Waals surface area contributed by atoms with E-state index in [0.717, 1.165) is 11.3 Å². The molecule has 0 spiro atoms. The largest absolute Gasteiger partial charge is 0.481 e. The number of ketones is 1. The number of aromatic nitrogens is 3. The average Bonchev–Trinajstić information content (AvgIpc) is 3.01. The minimum absolute atomic E-state index is 0.125. The van der Waals surface area contributed by atoms with Gasteiger partial charge in [-0.1, -0.05) is 36.4 Å². The number of aryl methyl sites for hydroxylation is 1. The fraction of sp³-hybridized carbons (Fsp3) is 0.167. The van der Waals surface area contributed by atoms with Crippen LogP contribution >= 0.6 is 0 Å². The Morgan fingerprint density at radius 2 is 2.04 bits per heavy atom. The molecule has 0 fully saturated rings. The van der Waals surface area contributed by atoms with E-state index in [1.807, 2.05) is 29.5 Å². The highest BCUT2D eigenvalue weighted by Crippen LogP contribution is 2.23. The molecule has 5 nitrogen and oxygen atoms in total. The van der Waals surface area contributed by atoms with Crippen molar-refractivity contribution in [1.29, 1.82) is 0 Å². The Balaban J connectivity index is 2.14. The second-order valence-corrected chi connectivity index (χ2v) is 5.17. The molecule has 1 aromatic carbocycles. The molecular formula is C18H17N3O2. The first-order valence-corrected chi connectivity index (χ1v) is 7.29. The zero-order chi connectivity index (χ0) is 16.4. The van der Waals surface area contributed by atoms with Crippen molar-refractivity contribution in [1.82, 2.24) is 14.4 Å². The molecule has 2 aromatic heterocycles. The fourth-order valence-electron chi connectivity index (χ4n) is 2.55. The summed E-state index contributed by atoms with van der Waals surface area (Å²) in [6.45, 7) is 5.72. The van der Waals surface area contributed by atoms with Crippen LogP contribution in [0.25, 0.3) is 5.78 Å². The van der Waals surface area contributed by atoms with E-state index >= 15 is 0 Å². The summed E-state index contributed by atoms with van der Waals surface area (Å²) in [7, 11) is 1.57. The maximum atomic E-state index is 12.5. The molecule has 0 saturated carbocycles. The minimum atomic E-state index is -0.125. The third kappa shape index (κ3) is 2.61. The van der Waals surface area contributed by atoms with Gasteiger partial charge in [-0.25, -0.2) is 4.98 Å². The van der Waals surface area contributed by atoms with Crippen molar-refractivity contribution < 1.29 is 9.53 Å². The van der Waals surface area contributed by atoms with Gasteiger partial charge in [0.05, 0.1) is 7.11 Å². The van der Waals surface area contributed by atoms with Gasteiger partial charge in [-0.2, -0.15) is 4.98 Å². The number of hydrogen-bond acceptors (Lipinski definition) is 4. The number of methoxy groups -OCH3 is 1. The highest BCUT2D eigenvalue weighted by molar-refractivity contribution is 6.07. The van der Waals surface area contributed by atoms with Gasteiger partial charge in [-0.05, 0) is 13.3 Å². The molecule has 0 aliphatic carbocycles. The third-order valence-corrected chi connectivity index (χ3v) is 3.76. The van der Waals surface area contributed by atoms with Crippen LogP contribution < -0.4 is 4.74 Å². The van der Waals surface area contributed by atoms with Crippen molar-refractivity contribution in [3.8, 4) is 5.88 Å². The van der Waals surface area contributed by atoms with Crippen molar-refractivity contribution in [2.45, 2.75) is 13.3 Å². The zero-order valence-electron chi connectivity index (χ0n) is 13.1. The summed E-state index contributed by atoms with van der Waals surface area (Å²) in [4.78, 5) is 21.3. The van der Waals surface area contributed by atoms with E-state index in [2.05, 4.69) is 16.5 Å². The number of rotatable bonds is 5. The number of benzene rings is 1. The third-order valence-electron chi connectivity index (χ3n) is 3.76. The first-order valence-electron chi connectivity index (χ1n) is 7.29. The lowest BCUT2D eigenvalue weighted by molar-refractivity contribution is 0.103. The van der Waals surface area contributed by atoms with Gasteiger partial charge in [0.1, 0.15) is 5.69 Å². The number of hydrogen-bond donors (Lipinski definition) is 0. The fourth-order valence-corrected chi connectivity index (χ4v) is 2.55. The summed E-state index contributed by atoms with van der Waals surface area (Å²) in [5, 5.41) is 0. The molecule has 0 atom stereocenters. The highest BCUT2D eigenvalue weighted by atomic mass is 16.5. The van der Waals surface area contributed by atoms with Crippen LogP contribution in [0.5, 0.6) is 5.88 Å².